The Labute approximate surface area is 270 Å². The average Bonchev–Trinajstić information content (AvgIpc) is 3.82. The monoisotopic (exact) mass is 589 g/mol. The molecule has 2 bridgehead atoms. The number of fused-ring (bicyclic) bond motifs is 11. The fraction of sp³-hybridized carbons (Fsp3) is 0.156. The first-order valence-electron chi connectivity index (χ1n) is 16.9. The molecule has 3 aliphatic rings. The minimum Gasteiger partial charge on any atom is -0.310 e. The number of anilines is 3. The van der Waals surface area contributed by atoms with Gasteiger partial charge in [-0.1, -0.05) is 128 Å². The number of benzene rings is 7. The van der Waals surface area contributed by atoms with Crippen molar-refractivity contribution in [3.63, 3.8) is 0 Å². The SMILES string of the molecule is c1ccc(-c2ccc(N(c3ccc4c(ccc5ccccc54)c3)c3cccc4c3-c3ccccc3[C@]43C[C@H]4CC[C@@H]3C4)cc2)cc1. The second-order valence-corrected chi connectivity index (χ2v) is 13.7. The Hall–Kier alpha value is -5.14. The third-order valence-electron chi connectivity index (χ3n) is 11.5. The lowest BCUT2D eigenvalue weighted by molar-refractivity contribution is 0.327. The van der Waals surface area contributed by atoms with Crippen molar-refractivity contribution in [2.75, 3.05) is 4.90 Å². The molecule has 2 fully saturated rings. The molecule has 1 heteroatoms. The van der Waals surface area contributed by atoms with Gasteiger partial charge in [0, 0.05) is 22.4 Å². The van der Waals surface area contributed by atoms with Crippen LogP contribution in [0.1, 0.15) is 36.8 Å². The van der Waals surface area contributed by atoms with Crippen molar-refractivity contribution >= 4 is 38.6 Å². The third kappa shape index (κ3) is 3.69. The molecular weight excluding hydrogens is 555 g/mol. The maximum atomic E-state index is 2.52. The molecule has 0 unspecified atom stereocenters. The van der Waals surface area contributed by atoms with Gasteiger partial charge >= 0.3 is 0 Å². The molecule has 7 aromatic carbocycles. The largest absolute Gasteiger partial charge is 0.310 e. The minimum atomic E-state index is 0.149. The van der Waals surface area contributed by atoms with Crippen LogP contribution < -0.4 is 4.90 Å². The molecule has 0 radical (unpaired) electrons. The fourth-order valence-corrected chi connectivity index (χ4v) is 9.61. The summed E-state index contributed by atoms with van der Waals surface area (Å²) in [5.74, 6) is 1.59. The smallest absolute Gasteiger partial charge is 0.0543 e. The van der Waals surface area contributed by atoms with Crippen molar-refractivity contribution in [1.29, 1.82) is 0 Å². The van der Waals surface area contributed by atoms with E-state index in [0.29, 0.717) is 0 Å². The summed E-state index contributed by atoms with van der Waals surface area (Å²) in [5.41, 5.74) is 12.2. The molecule has 0 aliphatic heterocycles. The molecule has 3 aliphatic carbocycles. The molecule has 0 N–H and O–H groups in total. The zero-order valence-corrected chi connectivity index (χ0v) is 25.9. The number of nitrogens with zero attached hydrogens (tertiary/aromatic N) is 1. The van der Waals surface area contributed by atoms with Gasteiger partial charge in [0.2, 0.25) is 0 Å². The molecule has 1 nitrogen and oxygen atoms in total. The third-order valence-corrected chi connectivity index (χ3v) is 11.5. The lowest BCUT2D eigenvalue weighted by Gasteiger charge is -2.37. The van der Waals surface area contributed by atoms with Gasteiger partial charge in [-0.2, -0.15) is 0 Å². The fourth-order valence-electron chi connectivity index (χ4n) is 9.61. The van der Waals surface area contributed by atoms with E-state index in [4.69, 9.17) is 0 Å². The maximum Gasteiger partial charge on any atom is 0.0543 e. The molecule has 10 rings (SSSR count). The zero-order chi connectivity index (χ0) is 30.2. The molecule has 0 saturated heterocycles. The predicted octanol–water partition coefficient (Wildman–Crippen LogP) is 12.2. The molecule has 1 spiro atoms. The van der Waals surface area contributed by atoms with Crippen LogP contribution in [0.15, 0.2) is 152 Å². The summed E-state index contributed by atoms with van der Waals surface area (Å²) in [5, 5.41) is 5.15. The topological polar surface area (TPSA) is 3.24 Å². The summed E-state index contributed by atoms with van der Waals surface area (Å²) in [6.07, 6.45) is 5.42. The van der Waals surface area contributed by atoms with Crippen LogP contribution >= 0.6 is 0 Å². The van der Waals surface area contributed by atoms with Crippen LogP contribution in [-0.4, -0.2) is 0 Å². The zero-order valence-electron chi connectivity index (χ0n) is 25.9. The van der Waals surface area contributed by atoms with Gasteiger partial charge in [-0.25, -0.2) is 0 Å². The number of hydrogen-bond acceptors (Lipinski definition) is 1. The highest BCUT2D eigenvalue weighted by Crippen LogP contribution is 2.67. The number of hydrogen-bond donors (Lipinski definition) is 0. The van der Waals surface area contributed by atoms with E-state index in [-0.39, 0.29) is 5.41 Å². The first-order valence-corrected chi connectivity index (χ1v) is 16.9. The lowest BCUT2D eigenvalue weighted by Crippen LogP contribution is -2.31. The van der Waals surface area contributed by atoms with Gasteiger partial charge in [0.1, 0.15) is 0 Å². The Morgan fingerprint density at radius 1 is 0.522 bits per heavy atom. The number of rotatable bonds is 4. The van der Waals surface area contributed by atoms with E-state index in [1.54, 1.807) is 11.1 Å². The van der Waals surface area contributed by atoms with Crippen LogP contribution in [-0.2, 0) is 5.41 Å². The summed E-state index contributed by atoms with van der Waals surface area (Å²) < 4.78 is 0. The van der Waals surface area contributed by atoms with Crippen LogP contribution in [0.5, 0.6) is 0 Å². The van der Waals surface area contributed by atoms with Crippen molar-refractivity contribution in [2.24, 2.45) is 11.8 Å². The molecule has 220 valence electrons. The van der Waals surface area contributed by atoms with Gasteiger partial charge in [0.15, 0.2) is 0 Å². The molecular formula is C45H35N. The summed E-state index contributed by atoms with van der Waals surface area (Å²) in [4.78, 5) is 2.52. The predicted molar refractivity (Wildman–Crippen MR) is 193 cm³/mol. The van der Waals surface area contributed by atoms with Gasteiger partial charge in [0.25, 0.3) is 0 Å². The lowest BCUT2D eigenvalue weighted by atomic mass is 9.67. The van der Waals surface area contributed by atoms with E-state index < -0.39 is 0 Å². The second-order valence-electron chi connectivity index (χ2n) is 13.7. The second kappa shape index (κ2) is 9.93. The summed E-state index contributed by atoms with van der Waals surface area (Å²) in [6, 6.07) is 56.7. The summed E-state index contributed by atoms with van der Waals surface area (Å²) in [7, 11) is 0. The van der Waals surface area contributed by atoms with E-state index in [1.165, 1.54) is 86.5 Å². The quantitative estimate of drug-likeness (QED) is 0.185. The van der Waals surface area contributed by atoms with Gasteiger partial charge in [0.05, 0.1) is 5.69 Å². The van der Waals surface area contributed by atoms with Crippen LogP contribution in [0.4, 0.5) is 17.1 Å². The van der Waals surface area contributed by atoms with Crippen molar-refractivity contribution in [3.8, 4) is 22.3 Å². The first kappa shape index (κ1) is 26.1. The van der Waals surface area contributed by atoms with Crippen LogP contribution in [0.3, 0.4) is 0 Å². The van der Waals surface area contributed by atoms with Crippen molar-refractivity contribution in [3.05, 3.63) is 163 Å². The van der Waals surface area contributed by atoms with Crippen LogP contribution in [0.2, 0.25) is 0 Å². The Balaban J connectivity index is 1.20. The van der Waals surface area contributed by atoms with Crippen LogP contribution in [0.25, 0.3) is 43.8 Å². The molecule has 0 aromatic heterocycles. The van der Waals surface area contributed by atoms with Gasteiger partial charge < -0.3 is 4.90 Å². The summed E-state index contributed by atoms with van der Waals surface area (Å²) in [6.45, 7) is 0. The highest BCUT2D eigenvalue weighted by Gasteiger charge is 2.57. The first-order chi connectivity index (χ1) is 22.8. The van der Waals surface area contributed by atoms with Crippen molar-refractivity contribution in [1.82, 2.24) is 0 Å². The standard InChI is InChI=1S/C45H35N/c1-2-9-31(10-3-1)32-20-23-36(24-21-32)46(37-25-26-39-34(28-37)19-18-33-11-4-5-12-38(33)39)43-16-8-15-42-44(43)40-13-6-7-14-41(40)45(42)29-30-17-22-35(45)27-30/h1-16,18-21,23-26,28,30,35H,17,22,27,29H2/t30-,35+,45+/m0/s1. The van der Waals surface area contributed by atoms with E-state index in [2.05, 4.69) is 157 Å². The van der Waals surface area contributed by atoms with E-state index >= 15 is 0 Å². The Morgan fingerprint density at radius 2 is 1.24 bits per heavy atom. The molecule has 0 heterocycles. The van der Waals surface area contributed by atoms with Crippen LogP contribution in [0, 0.1) is 11.8 Å². The van der Waals surface area contributed by atoms with Crippen molar-refractivity contribution in [2.45, 2.75) is 31.1 Å². The van der Waals surface area contributed by atoms with E-state index in [9.17, 15) is 0 Å². The molecule has 7 aromatic rings. The molecule has 2 saturated carbocycles. The molecule has 46 heavy (non-hydrogen) atoms. The summed E-state index contributed by atoms with van der Waals surface area (Å²) >= 11 is 0. The van der Waals surface area contributed by atoms with Crippen molar-refractivity contribution < 1.29 is 0 Å². The maximum absolute atomic E-state index is 2.52. The Morgan fingerprint density at radius 3 is 2.09 bits per heavy atom. The minimum absolute atomic E-state index is 0.149. The highest BCUT2D eigenvalue weighted by atomic mass is 15.1. The molecule has 0 amide bonds. The molecule has 3 atom stereocenters. The van der Waals surface area contributed by atoms with E-state index in [1.807, 2.05) is 0 Å². The van der Waals surface area contributed by atoms with Gasteiger partial charge in [-0.05, 0) is 111 Å². The highest BCUT2D eigenvalue weighted by molar-refractivity contribution is 6.09. The van der Waals surface area contributed by atoms with Gasteiger partial charge in [-0.3, -0.25) is 0 Å². The Kier molecular flexibility index (Phi) is 5.64. The van der Waals surface area contributed by atoms with Gasteiger partial charge in [-0.15, -0.1) is 0 Å². The van der Waals surface area contributed by atoms with E-state index in [0.717, 1.165) is 11.8 Å². The normalized spacial score (nSPS) is 20.8. The Bertz CT molecular complexity index is 2280. The average molecular weight is 590 g/mol.